The van der Waals surface area contributed by atoms with Gasteiger partial charge < -0.3 is 0 Å². The second-order valence-corrected chi connectivity index (χ2v) is 5.94. The maximum absolute atomic E-state index is 2.33. The third-order valence-corrected chi connectivity index (χ3v) is 4.68. The molecule has 0 fully saturated rings. The highest BCUT2D eigenvalue weighted by atomic mass is 14.2. The van der Waals surface area contributed by atoms with Gasteiger partial charge in [0.2, 0.25) is 0 Å². The van der Waals surface area contributed by atoms with Gasteiger partial charge in [0.05, 0.1) is 0 Å². The fourth-order valence-corrected chi connectivity index (χ4v) is 3.63. The number of hydrogen-bond donors (Lipinski definition) is 0. The monoisotopic (exact) mass is 266 g/mol. The molecule has 0 unspecified atom stereocenters. The van der Waals surface area contributed by atoms with E-state index in [2.05, 4.69) is 73.7 Å². The lowest BCUT2D eigenvalue weighted by Gasteiger charge is -2.20. The van der Waals surface area contributed by atoms with Gasteiger partial charge >= 0.3 is 0 Å². The number of benzene rings is 4. The Labute approximate surface area is 123 Å². The van der Waals surface area contributed by atoms with Crippen LogP contribution in [0.2, 0.25) is 0 Å². The van der Waals surface area contributed by atoms with Crippen LogP contribution in [0.3, 0.4) is 0 Å². The van der Waals surface area contributed by atoms with Crippen LogP contribution in [0.4, 0.5) is 0 Å². The third-order valence-electron chi connectivity index (χ3n) is 4.68. The van der Waals surface area contributed by atoms with E-state index in [-0.39, 0.29) is 0 Å². The number of fused-ring (bicyclic) bond motifs is 6. The SMILES string of the molecule is CC1=Cc2ccc3c(ccc4cc5ccccc5cc43)c21. The van der Waals surface area contributed by atoms with E-state index in [1.807, 2.05) is 0 Å². The van der Waals surface area contributed by atoms with Gasteiger partial charge in [-0.05, 0) is 68.1 Å². The first-order chi connectivity index (χ1) is 10.3. The molecular weight excluding hydrogens is 252 g/mol. The molecular formula is C21H14. The lowest BCUT2D eigenvalue weighted by molar-refractivity contribution is 1.54. The van der Waals surface area contributed by atoms with E-state index < -0.39 is 0 Å². The zero-order valence-electron chi connectivity index (χ0n) is 11.9. The van der Waals surface area contributed by atoms with Crippen molar-refractivity contribution in [3.8, 4) is 0 Å². The summed E-state index contributed by atoms with van der Waals surface area (Å²) in [5.41, 5.74) is 4.21. The molecule has 0 N–H and O–H groups in total. The van der Waals surface area contributed by atoms with Crippen molar-refractivity contribution in [2.75, 3.05) is 0 Å². The van der Waals surface area contributed by atoms with Crippen LogP contribution in [0.25, 0.3) is 44.0 Å². The smallest absolute Gasteiger partial charge is 0.00756 e. The van der Waals surface area contributed by atoms with Crippen LogP contribution in [0.1, 0.15) is 18.1 Å². The second kappa shape index (κ2) is 3.73. The predicted octanol–water partition coefficient (Wildman–Crippen LogP) is 6.02. The summed E-state index contributed by atoms with van der Waals surface area (Å²) in [6, 6.07) is 22.3. The van der Waals surface area contributed by atoms with Crippen molar-refractivity contribution < 1.29 is 0 Å². The first-order valence-electron chi connectivity index (χ1n) is 7.38. The van der Waals surface area contributed by atoms with Gasteiger partial charge in [-0.15, -0.1) is 0 Å². The summed E-state index contributed by atoms with van der Waals surface area (Å²) >= 11 is 0. The quantitative estimate of drug-likeness (QED) is 0.269. The number of rotatable bonds is 0. The lowest BCUT2D eigenvalue weighted by atomic mass is 9.84. The van der Waals surface area contributed by atoms with Gasteiger partial charge in [-0.1, -0.05) is 54.6 Å². The summed E-state index contributed by atoms with van der Waals surface area (Å²) in [5, 5.41) is 8.05. The average molecular weight is 266 g/mol. The number of allylic oxidation sites excluding steroid dienone is 1. The van der Waals surface area contributed by atoms with Crippen LogP contribution in [-0.4, -0.2) is 0 Å². The highest BCUT2D eigenvalue weighted by Gasteiger charge is 2.16. The molecule has 0 amide bonds. The summed E-state index contributed by atoms with van der Waals surface area (Å²) in [4.78, 5) is 0. The van der Waals surface area contributed by atoms with Crippen LogP contribution in [0.5, 0.6) is 0 Å². The van der Waals surface area contributed by atoms with Crippen molar-refractivity contribution in [2.24, 2.45) is 0 Å². The van der Waals surface area contributed by atoms with Crippen molar-refractivity contribution in [2.45, 2.75) is 6.92 Å². The van der Waals surface area contributed by atoms with Gasteiger partial charge in [-0.3, -0.25) is 0 Å². The summed E-state index contributed by atoms with van der Waals surface area (Å²) in [6.07, 6.45) is 2.26. The predicted molar refractivity (Wildman–Crippen MR) is 92.5 cm³/mol. The van der Waals surface area contributed by atoms with Gasteiger partial charge in [0.25, 0.3) is 0 Å². The Balaban J connectivity index is 1.98. The molecule has 4 aromatic rings. The topological polar surface area (TPSA) is 0 Å². The molecule has 0 spiro atoms. The molecule has 0 atom stereocenters. The van der Waals surface area contributed by atoms with E-state index in [9.17, 15) is 0 Å². The maximum Gasteiger partial charge on any atom is -0.00756 e. The molecule has 0 aliphatic heterocycles. The first-order valence-corrected chi connectivity index (χ1v) is 7.38. The molecule has 5 rings (SSSR count). The molecule has 0 aromatic heterocycles. The van der Waals surface area contributed by atoms with Gasteiger partial charge in [-0.25, -0.2) is 0 Å². The van der Waals surface area contributed by atoms with E-state index in [1.54, 1.807) is 0 Å². The van der Waals surface area contributed by atoms with Crippen molar-refractivity contribution in [3.05, 3.63) is 71.8 Å². The summed E-state index contributed by atoms with van der Waals surface area (Å²) in [6.45, 7) is 2.20. The second-order valence-electron chi connectivity index (χ2n) is 5.94. The normalized spacial score (nSPS) is 13.3. The van der Waals surface area contributed by atoms with E-state index in [1.165, 1.54) is 49.0 Å². The van der Waals surface area contributed by atoms with Crippen LogP contribution in [-0.2, 0) is 0 Å². The van der Waals surface area contributed by atoms with E-state index in [0.717, 1.165) is 0 Å². The standard InChI is InChI=1S/C21H14/c1-13-10-17-7-8-18-19(21(13)17)9-6-16-11-14-4-2-3-5-15(14)12-20(16)18/h2-12H,1H3. The zero-order chi connectivity index (χ0) is 14.0. The van der Waals surface area contributed by atoms with Crippen LogP contribution < -0.4 is 0 Å². The van der Waals surface area contributed by atoms with Gasteiger partial charge in [0, 0.05) is 0 Å². The molecule has 0 nitrogen and oxygen atoms in total. The summed E-state index contributed by atoms with van der Waals surface area (Å²) in [5.74, 6) is 0. The van der Waals surface area contributed by atoms with Crippen molar-refractivity contribution in [1.29, 1.82) is 0 Å². The molecule has 0 heteroatoms. The molecule has 4 aromatic carbocycles. The van der Waals surface area contributed by atoms with E-state index >= 15 is 0 Å². The fraction of sp³-hybridized carbons (Fsp3) is 0.0476. The average Bonchev–Trinajstić information content (AvgIpc) is 2.50. The molecule has 0 saturated carbocycles. The highest BCUT2D eigenvalue weighted by molar-refractivity contribution is 6.17. The van der Waals surface area contributed by atoms with Gasteiger partial charge in [-0.2, -0.15) is 0 Å². The van der Waals surface area contributed by atoms with Crippen LogP contribution in [0, 0.1) is 0 Å². The Morgan fingerprint density at radius 1 is 0.619 bits per heavy atom. The largest absolute Gasteiger partial charge is 0.0616 e. The lowest BCUT2D eigenvalue weighted by Crippen LogP contribution is -1.97. The Hall–Kier alpha value is -2.60. The van der Waals surface area contributed by atoms with Gasteiger partial charge in [0.15, 0.2) is 0 Å². The molecule has 0 radical (unpaired) electrons. The Morgan fingerprint density at radius 3 is 2.19 bits per heavy atom. The summed E-state index contributed by atoms with van der Waals surface area (Å²) in [7, 11) is 0. The minimum absolute atomic E-state index is 1.31. The van der Waals surface area contributed by atoms with Crippen molar-refractivity contribution in [1.82, 2.24) is 0 Å². The third kappa shape index (κ3) is 1.39. The minimum atomic E-state index is 1.31. The first kappa shape index (κ1) is 11.1. The Bertz CT molecular complexity index is 1080. The molecule has 0 heterocycles. The maximum atomic E-state index is 2.33. The van der Waals surface area contributed by atoms with E-state index in [4.69, 9.17) is 0 Å². The fourth-order valence-electron chi connectivity index (χ4n) is 3.63. The van der Waals surface area contributed by atoms with Gasteiger partial charge in [0.1, 0.15) is 0 Å². The van der Waals surface area contributed by atoms with Crippen molar-refractivity contribution >= 4 is 44.0 Å². The minimum Gasteiger partial charge on any atom is -0.0616 e. The molecule has 21 heavy (non-hydrogen) atoms. The molecule has 0 bridgehead atoms. The van der Waals surface area contributed by atoms with Crippen molar-refractivity contribution in [3.63, 3.8) is 0 Å². The highest BCUT2D eigenvalue weighted by Crippen LogP contribution is 2.40. The van der Waals surface area contributed by atoms with E-state index in [0.29, 0.717) is 0 Å². The zero-order valence-corrected chi connectivity index (χ0v) is 11.9. The molecule has 0 saturated heterocycles. The number of hydrogen-bond acceptors (Lipinski definition) is 0. The Kier molecular flexibility index (Phi) is 1.97. The molecule has 1 aliphatic rings. The van der Waals surface area contributed by atoms with Crippen LogP contribution in [0.15, 0.2) is 60.7 Å². The molecule has 1 aliphatic carbocycles. The Morgan fingerprint density at radius 2 is 1.38 bits per heavy atom. The summed E-state index contributed by atoms with van der Waals surface area (Å²) < 4.78 is 0. The molecule has 98 valence electrons. The van der Waals surface area contributed by atoms with Crippen LogP contribution >= 0.6 is 0 Å².